The van der Waals surface area contributed by atoms with Gasteiger partial charge in [0.15, 0.2) is 5.16 Å². The van der Waals surface area contributed by atoms with E-state index in [-0.39, 0.29) is 5.91 Å². The van der Waals surface area contributed by atoms with Gasteiger partial charge in [0.2, 0.25) is 0 Å². The van der Waals surface area contributed by atoms with Crippen molar-refractivity contribution in [1.29, 1.82) is 0 Å². The lowest BCUT2D eigenvalue weighted by atomic mass is 10.3. The van der Waals surface area contributed by atoms with Gasteiger partial charge in [0.1, 0.15) is 16.5 Å². The van der Waals surface area contributed by atoms with Gasteiger partial charge in [0, 0.05) is 24.2 Å². The summed E-state index contributed by atoms with van der Waals surface area (Å²) in [6, 6.07) is 10.1. The Labute approximate surface area is 174 Å². The van der Waals surface area contributed by atoms with E-state index in [1.54, 1.807) is 11.8 Å². The van der Waals surface area contributed by atoms with E-state index in [0.29, 0.717) is 11.4 Å². The second-order valence-electron chi connectivity index (χ2n) is 6.41. The number of thioether (sulfide) groups is 1. The predicted octanol–water partition coefficient (Wildman–Crippen LogP) is 4.59. The van der Waals surface area contributed by atoms with E-state index in [1.807, 2.05) is 52.1 Å². The minimum absolute atomic E-state index is 0.0273. The molecule has 0 bridgehead atoms. The van der Waals surface area contributed by atoms with Gasteiger partial charge in [-0.05, 0) is 31.9 Å². The third-order valence-corrected chi connectivity index (χ3v) is 6.15. The highest BCUT2D eigenvalue weighted by atomic mass is 32.2. The summed E-state index contributed by atoms with van der Waals surface area (Å²) in [6.45, 7) is 7.66. The van der Waals surface area contributed by atoms with Gasteiger partial charge >= 0.3 is 0 Å². The first kappa shape index (κ1) is 20.5. The van der Waals surface area contributed by atoms with Crippen LogP contribution in [0, 0.1) is 6.92 Å². The molecule has 2 heterocycles. The van der Waals surface area contributed by atoms with Crippen molar-refractivity contribution in [2.75, 3.05) is 13.1 Å². The fraction of sp³-hybridized carbons (Fsp3) is 0.400. The number of aromatic nitrogens is 4. The molecule has 2 aromatic heterocycles. The van der Waals surface area contributed by atoms with E-state index in [2.05, 4.69) is 29.0 Å². The van der Waals surface area contributed by atoms with Gasteiger partial charge in [-0.1, -0.05) is 43.8 Å². The number of hydrogen-bond acceptors (Lipinski definition) is 6. The molecule has 0 aliphatic rings. The van der Waals surface area contributed by atoms with Crippen LogP contribution in [0.15, 0.2) is 40.9 Å². The molecule has 0 saturated heterocycles. The Morgan fingerprint density at radius 3 is 2.54 bits per heavy atom. The average Bonchev–Trinajstić information content (AvgIpc) is 3.33. The van der Waals surface area contributed by atoms with Crippen LogP contribution in [0.1, 0.15) is 48.0 Å². The Kier molecular flexibility index (Phi) is 7.22. The van der Waals surface area contributed by atoms with Crippen LogP contribution in [-0.2, 0) is 5.75 Å². The van der Waals surface area contributed by atoms with Crippen molar-refractivity contribution in [2.45, 2.75) is 44.5 Å². The molecule has 28 heavy (non-hydrogen) atoms. The van der Waals surface area contributed by atoms with Crippen molar-refractivity contribution < 1.29 is 4.79 Å². The topological polar surface area (TPSA) is 63.9 Å². The van der Waals surface area contributed by atoms with Crippen LogP contribution in [0.25, 0.3) is 5.69 Å². The van der Waals surface area contributed by atoms with Crippen LogP contribution in [0.5, 0.6) is 0 Å². The molecule has 148 valence electrons. The third-order valence-electron chi connectivity index (χ3n) is 4.18. The first-order valence-corrected chi connectivity index (χ1v) is 11.3. The number of hydrogen-bond donors (Lipinski definition) is 0. The summed E-state index contributed by atoms with van der Waals surface area (Å²) < 4.78 is 2.04. The summed E-state index contributed by atoms with van der Waals surface area (Å²) in [6.07, 6.45) is 1.90. The molecule has 0 aliphatic heterocycles. The Morgan fingerprint density at radius 1 is 1.14 bits per heavy atom. The molecular formula is C20H25N5OS2. The average molecular weight is 416 g/mol. The molecule has 3 rings (SSSR count). The van der Waals surface area contributed by atoms with Gasteiger partial charge in [-0.2, -0.15) is 0 Å². The minimum Gasteiger partial charge on any atom is -0.337 e. The second-order valence-corrected chi connectivity index (χ2v) is 8.29. The molecule has 0 aliphatic carbocycles. The Morgan fingerprint density at radius 2 is 1.86 bits per heavy atom. The first-order valence-electron chi connectivity index (χ1n) is 9.48. The van der Waals surface area contributed by atoms with Crippen molar-refractivity contribution in [3.05, 3.63) is 52.2 Å². The molecule has 1 aromatic carbocycles. The van der Waals surface area contributed by atoms with Crippen molar-refractivity contribution in [1.82, 2.24) is 24.6 Å². The number of nitrogens with zero attached hydrogens (tertiary/aromatic N) is 5. The molecule has 0 unspecified atom stereocenters. The normalized spacial score (nSPS) is 11.0. The summed E-state index contributed by atoms with van der Waals surface area (Å²) in [4.78, 5) is 19.2. The van der Waals surface area contributed by atoms with E-state index in [9.17, 15) is 4.79 Å². The number of thiazole rings is 1. The fourth-order valence-corrected chi connectivity index (χ4v) is 4.71. The van der Waals surface area contributed by atoms with Gasteiger partial charge in [0.25, 0.3) is 5.91 Å². The lowest BCUT2D eigenvalue weighted by Gasteiger charge is -2.20. The molecular weight excluding hydrogens is 390 g/mol. The SMILES string of the molecule is CCCN(CCC)C(=O)c1csc(CSc2nnc(C)n2-c2ccccc2)n1. The summed E-state index contributed by atoms with van der Waals surface area (Å²) in [5, 5.41) is 12.1. The van der Waals surface area contributed by atoms with Gasteiger partial charge in [0.05, 0.1) is 5.75 Å². The first-order chi connectivity index (χ1) is 13.6. The van der Waals surface area contributed by atoms with Gasteiger partial charge in [-0.3, -0.25) is 9.36 Å². The maximum absolute atomic E-state index is 12.7. The highest BCUT2D eigenvalue weighted by Crippen LogP contribution is 2.26. The number of para-hydroxylation sites is 1. The summed E-state index contributed by atoms with van der Waals surface area (Å²) in [5.74, 6) is 1.53. The molecule has 0 spiro atoms. The second kappa shape index (κ2) is 9.84. The molecule has 8 heteroatoms. The Balaban J connectivity index is 1.70. The van der Waals surface area contributed by atoms with Crippen molar-refractivity contribution >= 4 is 29.0 Å². The van der Waals surface area contributed by atoms with Crippen LogP contribution >= 0.6 is 23.1 Å². The smallest absolute Gasteiger partial charge is 0.273 e. The van der Waals surface area contributed by atoms with Crippen LogP contribution in [0.2, 0.25) is 0 Å². The number of amides is 1. The molecule has 3 aromatic rings. The van der Waals surface area contributed by atoms with Crippen LogP contribution in [0.3, 0.4) is 0 Å². The highest BCUT2D eigenvalue weighted by Gasteiger charge is 2.18. The van der Waals surface area contributed by atoms with Gasteiger partial charge < -0.3 is 4.90 Å². The van der Waals surface area contributed by atoms with Crippen molar-refractivity contribution in [3.8, 4) is 5.69 Å². The fourth-order valence-electron chi connectivity index (χ4n) is 2.93. The summed E-state index contributed by atoms with van der Waals surface area (Å²) in [7, 11) is 0. The monoisotopic (exact) mass is 415 g/mol. The summed E-state index contributed by atoms with van der Waals surface area (Å²) in [5.41, 5.74) is 1.58. The molecule has 1 amide bonds. The maximum Gasteiger partial charge on any atom is 0.273 e. The van der Waals surface area contributed by atoms with E-state index in [1.165, 1.54) is 11.3 Å². The number of rotatable bonds is 9. The van der Waals surface area contributed by atoms with E-state index < -0.39 is 0 Å². The number of benzene rings is 1. The van der Waals surface area contributed by atoms with Crippen LogP contribution in [0.4, 0.5) is 0 Å². The van der Waals surface area contributed by atoms with E-state index in [4.69, 9.17) is 0 Å². The number of carbonyl (C=O) groups excluding carboxylic acids is 1. The largest absolute Gasteiger partial charge is 0.337 e. The number of aryl methyl sites for hydroxylation is 1. The third kappa shape index (κ3) is 4.80. The van der Waals surface area contributed by atoms with Crippen molar-refractivity contribution in [3.63, 3.8) is 0 Å². The Bertz CT molecular complexity index is 900. The Hall–Kier alpha value is -2.19. The molecule has 0 fully saturated rings. The summed E-state index contributed by atoms with van der Waals surface area (Å²) >= 11 is 3.10. The molecule has 0 N–H and O–H groups in total. The zero-order chi connectivity index (χ0) is 19.9. The molecule has 0 atom stereocenters. The van der Waals surface area contributed by atoms with Crippen LogP contribution in [-0.4, -0.2) is 43.6 Å². The quantitative estimate of drug-likeness (QED) is 0.478. The zero-order valence-corrected chi connectivity index (χ0v) is 18.1. The minimum atomic E-state index is 0.0273. The number of carbonyl (C=O) groups is 1. The maximum atomic E-state index is 12.7. The standard InChI is InChI=1S/C20H25N5OS2/c1-4-11-24(12-5-2)19(26)17-13-27-18(21-17)14-28-20-23-22-15(3)25(20)16-9-7-6-8-10-16/h6-10,13H,4-5,11-12,14H2,1-3H3. The zero-order valence-electron chi connectivity index (χ0n) is 16.5. The molecule has 0 radical (unpaired) electrons. The van der Waals surface area contributed by atoms with E-state index in [0.717, 1.165) is 47.6 Å². The predicted molar refractivity (Wildman–Crippen MR) is 114 cm³/mol. The highest BCUT2D eigenvalue weighted by molar-refractivity contribution is 7.98. The van der Waals surface area contributed by atoms with Crippen molar-refractivity contribution in [2.24, 2.45) is 0 Å². The molecule has 0 saturated carbocycles. The van der Waals surface area contributed by atoms with Gasteiger partial charge in [-0.25, -0.2) is 4.98 Å². The molecule has 6 nitrogen and oxygen atoms in total. The van der Waals surface area contributed by atoms with Crippen LogP contribution < -0.4 is 0 Å². The lowest BCUT2D eigenvalue weighted by molar-refractivity contribution is 0.0750. The van der Waals surface area contributed by atoms with E-state index >= 15 is 0 Å². The van der Waals surface area contributed by atoms with Gasteiger partial charge in [-0.15, -0.1) is 21.5 Å². The lowest BCUT2D eigenvalue weighted by Crippen LogP contribution is -2.32.